The highest BCUT2D eigenvalue weighted by Crippen LogP contribution is 2.29. The fourth-order valence-corrected chi connectivity index (χ4v) is 7.06. The number of H-pyrrole nitrogens is 1. The average Bonchev–Trinajstić information content (AvgIpc) is 3.64. The van der Waals surface area contributed by atoms with Crippen molar-refractivity contribution in [2.24, 2.45) is 11.8 Å². The maximum absolute atomic E-state index is 14.3. The van der Waals surface area contributed by atoms with E-state index in [2.05, 4.69) is 20.6 Å². The molecule has 50 heavy (non-hydrogen) atoms. The summed E-state index contributed by atoms with van der Waals surface area (Å²) < 4.78 is 10.7. The number of aromatic amines is 1. The zero-order chi connectivity index (χ0) is 35.5. The number of nitrogens with zero attached hydrogens (tertiary/aromatic N) is 2. The number of amides is 3. The van der Waals surface area contributed by atoms with E-state index in [4.69, 9.17) is 9.47 Å². The molecule has 1 saturated carbocycles. The maximum Gasteiger partial charge on any atom is 0.337 e. The second-order valence-corrected chi connectivity index (χ2v) is 13.9. The van der Waals surface area contributed by atoms with E-state index in [1.807, 2.05) is 42.5 Å². The molecule has 5 rings (SSSR count). The zero-order valence-corrected chi connectivity index (χ0v) is 29.1. The minimum atomic E-state index is -1.57. The third-order valence-corrected chi connectivity index (χ3v) is 9.73. The van der Waals surface area contributed by atoms with Gasteiger partial charge >= 0.3 is 5.97 Å². The van der Waals surface area contributed by atoms with E-state index >= 15 is 0 Å². The Morgan fingerprint density at radius 3 is 2.44 bits per heavy atom. The highest BCUT2D eigenvalue weighted by molar-refractivity contribution is 5.92. The van der Waals surface area contributed by atoms with Gasteiger partial charge in [0.1, 0.15) is 6.04 Å². The SMILES string of the molecule is CC(C)OC(=O)C(O)C(CC1CCCCC1)NC(=O)[C@H](Cc1cnc[nH]1)NC(=O)[C@@H](CC(=O)N1CCOCC1)Cc1cccc2ccccc12. The molecule has 2 fully saturated rings. The van der Waals surface area contributed by atoms with Crippen LogP contribution < -0.4 is 10.6 Å². The maximum atomic E-state index is 14.3. The Bertz CT molecular complexity index is 1560. The van der Waals surface area contributed by atoms with Crippen molar-refractivity contribution in [3.05, 3.63) is 66.2 Å². The lowest BCUT2D eigenvalue weighted by Crippen LogP contribution is -2.56. The first kappa shape index (κ1) is 37.0. The number of benzene rings is 2. The molecule has 3 aromatic rings. The fraction of sp³-hybridized carbons (Fsp3) is 0.553. The van der Waals surface area contributed by atoms with Gasteiger partial charge in [-0.2, -0.15) is 0 Å². The van der Waals surface area contributed by atoms with Crippen molar-refractivity contribution < 1.29 is 33.8 Å². The summed E-state index contributed by atoms with van der Waals surface area (Å²) in [6.45, 7) is 5.20. The summed E-state index contributed by atoms with van der Waals surface area (Å²) in [7, 11) is 0. The lowest BCUT2D eigenvalue weighted by atomic mass is 9.83. The Hall–Kier alpha value is -4.29. The number of aliphatic hydroxyl groups is 1. The van der Waals surface area contributed by atoms with E-state index in [9.17, 15) is 24.3 Å². The molecule has 1 aliphatic heterocycles. The molecule has 4 N–H and O–H groups in total. The Morgan fingerprint density at radius 2 is 1.72 bits per heavy atom. The van der Waals surface area contributed by atoms with Gasteiger partial charge < -0.3 is 35.1 Å². The number of nitrogens with one attached hydrogen (secondary N) is 3. The number of morpholine rings is 1. The Morgan fingerprint density at radius 1 is 0.980 bits per heavy atom. The molecule has 0 radical (unpaired) electrons. The molecule has 1 aromatic heterocycles. The largest absolute Gasteiger partial charge is 0.461 e. The summed E-state index contributed by atoms with van der Waals surface area (Å²) in [6.07, 6.45) is 6.92. The van der Waals surface area contributed by atoms with Crippen LogP contribution in [0.15, 0.2) is 55.0 Å². The van der Waals surface area contributed by atoms with Gasteiger partial charge in [0.05, 0.1) is 37.6 Å². The third-order valence-electron chi connectivity index (χ3n) is 9.73. The summed E-state index contributed by atoms with van der Waals surface area (Å²) in [5.74, 6) is -2.49. The van der Waals surface area contributed by atoms with Crippen LogP contribution in [0.4, 0.5) is 0 Å². The van der Waals surface area contributed by atoms with E-state index in [-0.39, 0.29) is 31.1 Å². The molecular weight excluding hydrogens is 638 g/mol. The molecule has 2 unspecified atom stereocenters. The van der Waals surface area contributed by atoms with Gasteiger partial charge in [-0.1, -0.05) is 74.6 Å². The molecular formula is C38H51N5O7. The second-order valence-electron chi connectivity index (χ2n) is 13.9. The lowest BCUT2D eigenvalue weighted by molar-refractivity contribution is -0.159. The van der Waals surface area contributed by atoms with Gasteiger partial charge in [-0.05, 0) is 48.9 Å². The van der Waals surface area contributed by atoms with E-state index in [0.29, 0.717) is 38.4 Å². The molecule has 270 valence electrons. The molecule has 2 aliphatic rings. The summed E-state index contributed by atoms with van der Waals surface area (Å²) >= 11 is 0. The molecule has 1 aliphatic carbocycles. The van der Waals surface area contributed by atoms with Crippen LogP contribution in [0.5, 0.6) is 0 Å². The molecule has 4 atom stereocenters. The van der Waals surface area contributed by atoms with Crippen LogP contribution in [0.2, 0.25) is 0 Å². The van der Waals surface area contributed by atoms with Gasteiger partial charge in [-0.15, -0.1) is 0 Å². The van der Waals surface area contributed by atoms with Crippen LogP contribution in [0, 0.1) is 11.8 Å². The lowest BCUT2D eigenvalue weighted by Gasteiger charge is -2.31. The number of ether oxygens (including phenoxy) is 2. The summed E-state index contributed by atoms with van der Waals surface area (Å²) in [5, 5.41) is 19.0. The van der Waals surface area contributed by atoms with Crippen molar-refractivity contribution >= 4 is 34.5 Å². The van der Waals surface area contributed by atoms with E-state index in [1.54, 1.807) is 24.9 Å². The van der Waals surface area contributed by atoms with Gasteiger partial charge in [0, 0.05) is 37.8 Å². The molecule has 0 bridgehead atoms. The Kier molecular flexibility index (Phi) is 13.4. The number of hydrogen-bond donors (Lipinski definition) is 4. The number of aromatic nitrogens is 2. The van der Waals surface area contributed by atoms with E-state index in [0.717, 1.165) is 48.4 Å². The molecule has 12 heteroatoms. The standard InChI is InChI=1S/C38H51N5O7/c1-25(2)50-38(48)35(45)32(19-26-9-4-3-5-10-26)41-37(47)33(22-30-23-39-24-40-30)42-36(46)29(21-34(44)43-15-17-49-18-16-43)20-28-13-8-12-27-11-6-7-14-31(27)28/h6-8,11-14,23-26,29,32-33,35,45H,3-5,9-10,15-22H2,1-2H3,(H,39,40)(H,41,47)(H,42,46)/t29-,32?,33+,35?/m1/s1. The molecule has 0 spiro atoms. The Labute approximate surface area is 293 Å². The smallest absolute Gasteiger partial charge is 0.337 e. The average molecular weight is 690 g/mol. The van der Waals surface area contributed by atoms with Crippen LogP contribution in [0.1, 0.15) is 70.1 Å². The zero-order valence-electron chi connectivity index (χ0n) is 29.1. The van der Waals surface area contributed by atoms with Gasteiger partial charge in [0.2, 0.25) is 17.7 Å². The number of fused-ring (bicyclic) bond motifs is 1. The number of rotatable bonds is 15. The van der Waals surface area contributed by atoms with Crippen LogP contribution in [0.3, 0.4) is 0 Å². The van der Waals surface area contributed by atoms with Gasteiger partial charge in [-0.25, -0.2) is 9.78 Å². The molecule has 1 saturated heterocycles. The highest BCUT2D eigenvalue weighted by atomic mass is 16.6. The molecule has 3 amide bonds. The number of carbonyl (C=O) groups excluding carboxylic acids is 4. The predicted octanol–water partition coefficient (Wildman–Crippen LogP) is 3.47. The van der Waals surface area contributed by atoms with Crippen molar-refractivity contribution in [2.75, 3.05) is 26.3 Å². The van der Waals surface area contributed by atoms with Crippen LogP contribution in [-0.4, -0.2) is 94.3 Å². The number of carbonyl (C=O) groups is 4. The summed E-state index contributed by atoms with van der Waals surface area (Å²) in [4.78, 5) is 63.6. The van der Waals surface area contributed by atoms with Gasteiger partial charge in [-0.3, -0.25) is 14.4 Å². The molecule has 2 heterocycles. The Balaban J connectivity index is 1.39. The van der Waals surface area contributed by atoms with Crippen molar-refractivity contribution in [1.82, 2.24) is 25.5 Å². The summed E-state index contributed by atoms with van der Waals surface area (Å²) in [5.41, 5.74) is 1.54. The summed E-state index contributed by atoms with van der Waals surface area (Å²) in [6, 6.07) is 11.8. The topological polar surface area (TPSA) is 163 Å². The van der Waals surface area contributed by atoms with E-state index < -0.39 is 48.0 Å². The van der Waals surface area contributed by atoms with Crippen molar-refractivity contribution in [3.63, 3.8) is 0 Å². The first-order chi connectivity index (χ1) is 24.2. The van der Waals surface area contributed by atoms with Gasteiger partial charge in [0.15, 0.2) is 6.10 Å². The highest BCUT2D eigenvalue weighted by Gasteiger charge is 2.35. The number of imidazole rings is 1. The number of aliphatic hydroxyl groups excluding tert-OH is 1. The normalized spacial score (nSPS) is 17.9. The first-order valence-corrected chi connectivity index (χ1v) is 18.0. The number of hydrogen-bond acceptors (Lipinski definition) is 8. The monoisotopic (exact) mass is 689 g/mol. The van der Waals surface area contributed by atoms with Crippen LogP contribution in [-0.2, 0) is 41.5 Å². The van der Waals surface area contributed by atoms with Crippen molar-refractivity contribution in [3.8, 4) is 0 Å². The fourth-order valence-electron chi connectivity index (χ4n) is 7.06. The minimum absolute atomic E-state index is 0.0441. The molecule has 2 aromatic carbocycles. The molecule has 12 nitrogen and oxygen atoms in total. The van der Waals surface area contributed by atoms with Crippen LogP contribution in [0.25, 0.3) is 10.8 Å². The quantitative estimate of drug-likeness (QED) is 0.176. The van der Waals surface area contributed by atoms with E-state index in [1.165, 1.54) is 6.33 Å². The van der Waals surface area contributed by atoms with Crippen LogP contribution >= 0.6 is 0 Å². The van der Waals surface area contributed by atoms with Crippen molar-refractivity contribution in [2.45, 2.75) is 95.9 Å². The van der Waals surface area contributed by atoms with Gasteiger partial charge in [0.25, 0.3) is 0 Å². The second kappa shape index (κ2) is 18.1. The number of esters is 1. The third kappa shape index (κ3) is 10.4. The predicted molar refractivity (Wildman–Crippen MR) is 188 cm³/mol. The first-order valence-electron chi connectivity index (χ1n) is 18.0. The minimum Gasteiger partial charge on any atom is -0.461 e. The van der Waals surface area contributed by atoms with Crippen molar-refractivity contribution in [1.29, 1.82) is 0 Å².